The van der Waals surface area contributed by atoms with Gasteiger partial charge in [0.2, 0.25) is 0 Å². The van der Waals surface area contributed by atoms with Crippen molar-refractivity contribution in [2.45, 2.75) is 20.5 Å². The third-order valence-corrected chi connectivity index (χ3v) is 2.70. The summed E-state index contributed by atoms with van der Waals surface area (Å²) in [5.74, 6) is 0.470. The van der Waals surface area contributed by atoms with Crippen molar-refractivity contribution in [1.82, 2.24) is 0 Å². The maximum absolute atomic E-state index is 13.2. The Bertz CT molecular complexity index is 546. The van der Waals surface area contributed by atoms with Gasteiger partial charge in [0.1, 0.15) is 18.2 Å². The highest BCUT2D eigenvalue weighted by atomic mass is 19.1. The van der Waals surface area contributed by atoms with E-state index in [1.165, 1.54) is 17.7 Å². The molecule has 2 aromatic rings. The van der Waals surface area contributed by atoms with Crippen LogP contribution in [0.25, 0.3) is 0 Å². The normalized spacial score (nSPS) is 10.4. The van der Waals surface area contributed by atoms with Crippen molar-refractivity contribution in [3.05, 3.63) is 58.9 Å². The molecule has 2 aromatic carbocycles. The Morgan fingerprint density at radius 3 is 2.56 bits per heavy atom. The van der Waals surface area contributed by atoms with Crippen LogP contribution in [0.3, 0.4) is 0 Å². The van der Waals surface area contributed by atoms with E-state index < -0.39 is 0 Å². The fraction of sp³-hybridized carbons (Fsp3) is 0.200. The Labute approximate surface area is 106 Å². The number of hydrogen-bond donors (Lipinski definition) is 1. The summed E-state index contributed by atoms with van der Waals surface area (Å²) in [4.78, 5) is 0. The second-order valence-electron chi connectivity index (χ2n) is 4.45. The molecule has 0 amide bonds. The quantitative estimate of drug-likeness (QED) is 0.838. The molecule has 2 rings (SSSR count). The summed E-state index contributed by atoms with van der Waals surface area (Å²) >= 11 is 0. The van der Waals surface area contributed by atoms with Crippen LogP contribution in [0.15, 0.2) is 36.4 Å². The molecule has 2 N–H and O–H groups in total. The summed E-state index contributed by atoms with van der Waals surface area (Å²) in [6.07, 6.45) is 0. The predicted octanol–water partition coefficient (Wildman–Crippen LogP) is 3.60. The van der Waals surface area contributed by atoms with Crippen LogP contribution in [0.4, 0.5) is 10.1 Å². The lowest BCUT2D eigenvalue weighted by Crippen LogP contribution is -1.99. The first kappa shape index (κ1) is 12.4. The largest absolute Gasteiger partial charge is 0.489 e. The minimum Gasteiger partial charge on any atom is -0.489 e. The number of aryl methyl sites for hydroxylation is 2. The molecule has 0 aliphatic carbocycles. The van der Waals surface area contributed by atoms with Crippen LogP contribution >= 0.6 is 0 Å². The zero-order valence-corrected chi connectivity index (χ0v) is 10.5. The minimum absolute atomic E-state index is 0.311. The van der Waals surface area contributed by atoms with Gasteiger partial charge in [-0.25, -0.2) is 4.39 Å². The Hall–Kier alpha value is -2.03. The molecule has 0 aliphatic rings. The SMILES string of the molecule is Cc1ccc(OCc2cc(N)cc(F)c2)c(C)c1. The Morgan fingerprint density at radius 1 is 1.11 bits per heavy atom. The van der Waals surface area contributed by atoms with Gasteiger partial charge >= 0.3 is 0 Å². The van der Waals surface area contributed by atoms with Gasteiger partial charge in [-0.05, 0) is 49.2 Å². The zero-order valence-electron chi connectivity index (χ0n) is 10.5. The molecule has 0 radical (unpaired) electrons. The van der Waals surface area contributed by atoms with Crippen molar-refractivity contribution < 1.29 is 9.13 Å². The maximum Gasteiger partial charge on any atom is 0.125 e. The lowest BCUT2D eigenvalue weighted by atomic mass is 10.1. The third kappa shape index (κ3) is 3.00. The van der Waals surface area contributed by atoms with Gasteiger partial charge in [-0.15, -0.1) is 0 Å². The van der Waals surface area contributed by atoms with E-state index in [0.717, 1.165) is 16.9 Å². The number of halogens is 1. The highest BCUT2D eigenvalue weighted by Gasteiger charge is 2.02. The lowest BCUT2D eigenvalue weighted by molar-refractivity contribution is 0.303. The second kappa shape index (κ2) is 5.08. The summed E-state index contributed by atoms with van der Waals surface area (Å²) in [7, 11) is 0. The van der Waals surface area contributed by atoms with Crippen LogP contribution < -0.4 is 10.5 Å². The topological polar surface area (TPSA) is 35.2 Å². The van der Waals surface area contributed by atoms with Crippen LogP contribution in [0, 0.1) is 19.7 Å². The van der Waals surface area contributed by atoms with Crippen molar-refractivity contribution in [2.24, 2.45) is 0 Å². The van der Waals surface area contributed by atoms with Crippen molar-refractivity contribution >= 4 is 5.69 Å². The molecule has 0 bridgehead atoms. The number of anilines is 1. The Morgan fingerprint density at radius 2 is 1.89 bits per heavy atom. The van der Waals surface area contributed by atoms with Gasteiger partial charge in [-0.2, -0.15) is 0 Å². The second-order valence-corrected chi connectivity index (χ2v) is 4.45. The number of nitrogen functional groups attached to an aromatic ring is 1. The molecule has 0 fully saturated rings. The van der Waals surface area contributed by atoms with E-state index in [9.17, 15) is 4.39 Å². The predicted molar refractivity (Wildman–Crippen MR) is 71.1 cm³/mol. The van der Waals surface area contributed by atoms with E-state index >= 15 is 0 Å². The molecule has 0 saturated heterocycles. The molecular weight excluding hydrogens is 229 g/mol. The summed E-state index contributed by atoms with van der Waals surface area (Å²) < 4.78 is 18.8. The molecule has 0 atom stereocenters. The summed E-state index contributed by atoms with van der Waals surface area (Å²) in [5, 5.41) is 0. The Kier molecular flexibility index (Phi) is 3.51. The summed E-state index contributed by atoms with van der Waals surface area (Å²) in [5.41, 5.74) is 8.98. The van der Waals surface area contributed by atoms with Gasteiger partial charge in [0.25, 0.3) is 0 Å². The monoisotopic (exact) mass is 245 g/mol. The third-order valence-electron chi connectivity index (χ3n) is 2.70. The van der Waals surface area contributed by atoms with E-state index in [0.29, 0.717) is 12.3 Å². The Balaban J connectivity index is 2.11. The van der Waals surface area contributed by atoms with Crippen LogP contribution in [-0.4, -0.2) is 0 Å². The van der Waals surface area contributed by atoms with Crippen LogP contribution in [0.5, 0.6) is 5.75 Å². The smallest absolute Gasteiger partial charge is 0.125 e. The number of rotatable bonds is 3. The zero-order chi connectivity index (χ0) is 13.1. The highest BCUT2D eigenvalue weighted by Crippen LogP contribution is 2.20. The maximum atomic E-state index is 13.2. The number of hydrogen-bond acceptors (Lipinski definition) is 2. The van der Waals surface area contributed by atoms with E-state index in [1.54, 1.807) is 6.07 Å². The molecule has 0 aliphatic heterocycles. The molecule has 0 aromatic heterocycles. The van der Waals surface area contributed by atoms with Gasteiger partial charge in [0.05, 0.1) is 0 Å². The van der Waals surface area contributed by atoms with Crippen LogP contribution in [0.1, 0.15) is 16.7 Å². The van der Waals surface area contributed by atoms with E-state index in [4.69, 9.17) is 10.5 Å². The lowest BCUT2D eigenvalue weighted by Gasteiger charge is -2.10. The molecular formula is C15H16FNO. The average molecular weight is 245 g/mol. The average Bonchev–Trinajstić information content (AvgIpc) is 2.26. The molecule has 0 heterocycles. The fourth-order valence-electron chi connectivity index (χ4n) is 1.88. The minimum atomic E-state index is -0.339. The van der Waals surface area contributed by atoms with Gasteiger partial charge in [-0.3, -0.25) is 0 Å². The van der Waals surface area contributed by atoms with Crippen LogP contribution in [-0.2, 0) is 6.61 Å². The van der Waals surface area contributed by atoms with Gasteiger partial charge < -0.3 is 10.5 Å². The first-order valence-corrected chi connectivity index (χ1v) is 5.79. The van der Waals surface area contributed by atoms with Crippen molar-refractivity contribution in [2.75, 3.05) is 5.73 Å². The first-order chi connectivity index (χ1) is 8.54. The highest BCUT2D eigenvalue weighted by molar-refractivity contribution is 5.41. The molecule has 3 heteroatoms. The molecule has 0 spiro atoms. The molecule has 2 nitrogen and oxygen atoms in total. The van der Waals surface area contributed by atoms with Gasteiger partial charge in [0.15, 0.2) is 0 Å². The summed E-state index contributed by atoms with van der Waals surface area (Å²) in [6.45, 7) is 4.33. The van der Waals surface area contributed by atoms with E-state index in [2.05, 4.69) is 6.07 Å². The van der Waals surface area contributed by atoms with Crippen molar-refractivity contribution in [1.29, 1.82) is 0 Å². The van der Waals surface area contributed by atoms with Crippen molar-refractivity contribution in [3.8, 4) is 5.75 Å². The fourth-order valence-corrected chi connectivity index (χ4v) is 1.88. The molecule has 94 valence electrons. The molecule has 0 unspecified atom stereocenters. The number of ether oxygens (including phenoxy) is 1. The summed E-state index contributed by atoms with van der Waals surface area (Å²) in [6, 6.07) is 10.4. The molecule has 0 saturated carbocycles. The van der Waals surface area contributed by atoms with E-state index in [-0.39, 0.29) is 5.82 Å². The number of benzene rings is 2. The van der Waals surface area contributed by atoms with Gasteiger partial charge in [0, 0.05) is 5.69 Å². The van der Waals surface area contributed by atoms with Crippen LogP contribution in [0.2, 0.25) is 0 Å². The molecule has 18 heavy (non-hydrogen) atoms. The van der Waals surface area contributed by atoms with Crippen molar-refractivity contribution in [3.63, 3.8) is 0 Å². The standard InChI is InChI=1S/C15H16FNO/c1-10-3-4-15(11(2)5-10)18-9-12-6-13(16)8-14(17)7-12/h3-8H,9,17H2,1-2H3. The van der Waals surface area contributed by atoms with E-state index in [1.807, 2.05) is 26.0 Å². The van der Waals surface area contributed by atoms with Gasteiger partial charge in [-0.1, -0.05) is 17.7 Å². The first-order valence-electron chi connectivity index (χ1n) is 5.79. The number of nitrogens with two attached hydrogens (primary N) is 1.